The summed E-state index contributed by atoms with van der Waals surface area (Å²) in [5.74, 6) is -4.45. The standard InChI is InChI=1S/C19H17F5N6OS/c1-4-32(26)13-5-11(31-17(2,3)9-25)7-27-16(13)12-8-30-10-28-14(6-15(30)29-12)18(20,21)19(22,23)24/h5-8,10,26H,4H2,1-3H3. The Bertz CT molecular complexity index is 1230. The van der Waals surface area contributed by atoms with Gasteiger partial charge in [-0.1, -0.05) is 17.6 Å². The summed E-state index contributed by atoms with van der Waals surface area (Å²) in [7, 11) is -1.05. The third-order valence-electron chi connectivity index (χ3n) is 4.29. The molecule has 1 atom stereocenters. The number of nitriles is 1. The molecule has 0 aromatic carbocycles. The molecule has 0 saturated carbocycles. The van der Waals surface area contributed by atoms with Crippen molar-refractivity contribution in [2.24, 2.45) is 0 Å². The van der Waals surface area contributed by atoms with Gasteiger partial charge in [-0.15, -0.1) is 0 Å². The summed E-state index contributed by atoms with van der Waals surface area (Å²) in [6.07, 6.45) is -2.28. The molecule has 13 heteroatoms. The molecule has 0 aliphatic carbocycles. The van der Waals surface area contributed by atoms with E-state index in [0.717, 1.165) is 6.33 Å². The van der Waals surface area contributed by atoms with Crippen molar-refractivity contribution in [3.8, 4) is 23.2 Å². The first-order valence-electron chi connectivity index (χ1n) is 9.11. The molecule has 3 rings (SSSR count). The Morgan fingerprint density at radius 1 is 1.19 bits per heavy atom. The van der Waals surface area contributed by atoms with Crippen molar-refractivity contribution in [3.05, 3.63) is 36.5 Å². The fourth-order valence-corrected chi connectivity index (χ4v) is 3.62. The molecule has 3 aromatic rings. The number of hydrogen-bond acceptors (Lipinski definition) is 6. The van der Waals surface area contributed by atoms with Crippen molar-refractivity contribution >= 4 is 16.3 Å². The van der Waals surface area contributed by atoms with E-state index in [2.05, 4.69) is 15.0 Å². The first-order valence-corrected chi connectivity index (χ1v) is 10.5. The highest BCUT2D eigenvalue weighted by molar-refractivity contribution is 7.86. The van der Waals surface area contributed by atoms with Crippen LogP contribution in [0.1, 0.15) is 26.5 Å². The van der Waals surface area contributed by atoms with Crippen LogP contribution in [0.25, 0.3) is 17.0 Å². The predicted molar refractivity (Wildman–Crippen MR) is 105 cm³/mol. The number of rotatable bonds is 6. The van der Waals surface area contributed by atoms with E-state index in [-0.39, 0.29) is 22.8 Å². The minimum Gasteiger partial charge on any atom is -0.471 e. The number of nitrogens with one attached hydrogen (secondary N) is 1. The van der Waals surface area contributed by atoms with Gasteiger partial charge in [0.2, 0.25) is 0 Å². The fraction of sp³-hybridized carbons (Fsp3) is 0.368. The van der Waals surface area contributed by atoms with Gasteiger partial charge in [0, 0.05) is 22.9 Å². The van der Waals surface area contributed by atoms with Crippen LogP contribution in [0, 0.1) is 16.1 Å². The molecule has 0 radical (unpaired) electrons. The maximum atomic E-state index is 13.6. The zero-order chi connectivity index (χ0) is 23.9. The summed E-state index contributed by atoms with van der Waals surface area (Å²) in [6, 6.07) is 4.09. The average Bonchev–Trinajstić information content (AvgIpc) is 3.15. The molecule has 3 aromatic heterocycles. The molecule has 7 nitrogen and oxygen atoms in total. The molecular weight excluding hydrogens is 455 g/mol. The van der Waals surface area contributed by atoms with Crippen molar-refractivity contribution in [1.29, 1.82) is 10.0 Å². The second-order valence-corrected chi connectivity index (χ2v) is 8.96. The number of nitrogens with zero attached hydrogens (tertiary/aromatic N) is 5. The number of pyridine rings is 1. The lowest BCUT2D eigenvalue weighted by molar-refractivity contribution is -0.290. The van der Waals surface area contributed by atoms with Gasteiger partial charge in [0.1, 0.15) is 40.9 Å². The van der Waals surface area contributed by atoms with Crippen molar-refractivity contribution in [2.75, 3.05) is 5.75 Å². The van der Waals surface area contributed by atoms with Gasteiger partial charge >= 0.3 is 12.1 Å². The molecule has 0 spiro atoms. The van der Waals surface area contributed by atoms with Gasteiger partial charge in [-0.2, -0.15) is 27.2 Å². The highest BCUT2D eigenvalue weighted by atomic mass is 32.2. The van der Waals surface area contributed by atoms with Gasteiger partial charge in [-0.25, -0.2) is 15.0 Å². The highest BCUT2D eigenvalue weighted by Gasteiger charge is 2.60. The number of halogens is 5. The largest absolute Gasteiger partial charge is 0.471 e. The van der Waals surface area contributed by atoms with Crippen LogP contribution in [0.3, 0.4) is 0 Å². The van der Waals surface area contributed by atoms with Crippen LogP contribution < -0.4 is 4.74 Å². The summed E-state index contributed by atoms with van der Waals surface area (Å²) in [6.45, 7) is 4.90. The summed E-state index contributed by atoms with van der Waals surface area (Å²) >= 11 is 0. The topological polar surface area (TPSA) is 99.9 Å². The Balaban J connectivity index is 2.09. The molecule has 0 aliphatic rings. The van der Waals surface area contributed by atoms with Crippen LogP contribution in [-0.2, 0) is 16.6 Å². The molecule has 0 aliphatic heterocycles. The smallest absolute Gasteiger partial charge is 0.459 e. The zero-order valence-electron chi connectivity index (χ0n) is 17.0. The van der Waals surface area contributed by atoms with E-state index >= 15 is 0 Å². The van der Waals surface area contributed by atoms with Crippen molar-refractivity contribution in [3.63, 3.8) is 0 Å². The third-order valence-corrected chi connectivity index (χ3v) is 5.71. The monoisotopic (exact) mass is 472 g/mol. The van der Waals surface area contributed by atoms with Crippen molar-refractivity contribution in [1.82, 2.24) is 19.4 Å². The summed E-state index contributed by atoms with van der Waals surface area (Å²) in [4.78, 5) is 12.1. The Labute approximate surface area is 181 Å². The maximum absolute atomic E-state index is 13.6. The third kappa shape index (κ3) is 4.40. The van der Waals surface area contributed by atoms with Crippen LogP contribution in [0.15, 0.2) is 35.7 Å². The van der Waals surface area contributed by atoms with Gasteiger partial charge in [0.15, 0.2) is 5.60 Å². The molecular formula is C19H17F5N6OS. The van der Waals surface area contributed by atoms with Gasteiger partial charge < -0.3 is 4.74 Å². The van der Waals surface area contributed by atoms with Crippen molar-refractivity contribution in [2.45, 2.75) is 43.4 Å². The van der Waals surface area contributed by atoms with Crippen molar-refractivity contribution < 1.29 is 26.7 Å². The van der Waals surface area contributed by atoms with E-state index in [1.165, 1.54) is 16.8 Å². The molecule has 1 unspecified atom stereocenters. The lowest BCUT2D eigenvalue weighted by Crippen LogP contribution is -2.34. The van der Waals surface area contributed by atoms with E-state index < -0.39 is 34.1 Å². The minimum absolute atomic E-state index is 0.165. The number of imidazole rings is 1. The Hall–Kier alpha value is -3.14. The number of ether oxygens (including phenoxy) is 1. The SMILES string of the molecule is CCS(=N)c1cc(OC(C)(C)C#N)cnc1-c1cn2cnc(C(F)(F)C(F)(F)F)cc2n1. The molecule has 3 heterocycles. The van der Waals surface area contributed by atoms with Crippen LogP contribution in [-0.4, -0.2) is 36.9 Å². The molecule has 0 amide bonds. The second kappa shape index (κ2) is 8.09. The first-order chi connectivity index (χ1) is 14.8. The number of fused-ring (bicyclic) bond motifs is 1. The fourth-order valence-electron chi connectivity index (χ4n) is 2.66. The van der Waals surface area contributed by atoms with Crippen LogP contribution >= 0.6 is 0 Å². The molecule has 32 heavy (non-hydrogen) atoms. The number of alkyl halides is 5. The Kier molecular flexibility index (Phi) is 5.94. The van der Waals surface area contributed by atoms with E-state index in [0.29, 0.717) is 16.7 Å². The minimum atomic E-state index is -5.80. The molecule has 0 saturated heterocycles. The number of hydrogen-bond donors (Lipinski definition) is 1. The van der Waals surface area contributed by atoms with E-state index in [9.17, 15) is 22.0 Å². The molecule has 0 bridgehead atoms. The summed E-state index contributed by atoms with van der Waals surface area (Å²) in [5.41, 5.74) is -2.38. The molecule has 0 fully saturated rings. The molecule has 1 N–H and O–H groups in total. The van der Waals surface area contributed by atoms with Crippen LogP contribution in [0.5, 0.6) is 5.75 Å². The van der Waals surface area contributed by atoms with Gasteiger partial charge in [-0.05, 0) is 19.9 Å². The second-order valence-electron chi connectivity index (χ2n) is 7.16. The number of aromatic nitrogens is 4. The Morgan fingerprint density at radius 2 is 1.88 bits per heavy atom. The van der Waals surface area contributed by atoms with Gasteiger partial charge in [0.25, 0.3) is 0 Å². The lowest BCUT2D eigenvalue weighted by Gasteiger charge is -2.19. The lowest BCUT2D eigenvalue weighted by atomic mass is 10.2. The van der Waals surface area contributed by atoms with Gasteiger partial charge in [0.05, 0.1) is 6.20 Å². The quantitative estimate of drug-likeness (QED) is 0.515. The van der Waals surface area contributed by atoms with Crippen LogP contribution in [0.4, 0.5) is 22.0 Å². The normalized spacial score (nSPS) is 13.7. The highest BCUT2D eigenvalue weighted by Crippen LogP contribution is 2.43. The van der Waals surface area contributed by atoms with E-state index in [1.54, 1.807) is 26.8 Å². The Morgan fingerprint density at radius 3 is 2.47 bits per heavy atom. The molecule has 170 valence electrons. The first kappa shape index (κ1) is 23.5. The van der Waals surface area contributed by atoms with Gasteiger partial charge in [-0.3, -0.25) is 9.18 Å². The van der Waals surface area contributed by atoms with E-state index in [4.69, 9.17) is 14.8 Å². The van der Waals surface area contributed by atoms with E-state index in [1.807, 2.05) is 6.07 Å². The summed E-state index contributed by atoms with van der Waals surface area (Å²) in [5, 5.41) is 9.15. The predicted octanol–water partition coefficient (Wildman–Crippen LogP) is 4.89. The summed E-state index contributed by atoms with van der Waals surface area (Å²) < 4.78 is 80.4. The zero-order valence-corrected chi connectivity index (χ0v) is 17.9. The maximum Gasteiger partial charge on any atom is 0.459 e. The van der Waals surface area contributed by atoms with Crippen LogP contribution in [0.2, 0.25) is 0 Å². The average molecular weight is 472 g/mol.